The summed E-state index contributed by atoms with van der Waals surface area (Å²) >= 11 is 0. The maximum atomic E-state index is 11.7. The van der Waals surface area contributed by atoms with Gasteiger partial charge in [-0.1, -0.05) is 0 Å². The molecule has 16 heavy (non-hydrogen) atoms. The molecule has 0 bridgehead atoms. The number of likely N-dealkylation sites (N-methyl/N-ethyl adjacent to an activating group) is 1. The van der Waals surface area contributed by atoms with Crippen LogP contribution in [0.3, 0.4) is 0 Å². The van der Waals surface area contributed by atoms with Crippen molar-refractivity contribution in [2.45, 2.75) is 26.3 Å². The van der Waals surface area contributed by atoms with Gasteiger partial charge in [0.15, 0.2) is 0 Å². The van der Waals surface area contributed by atoms with Crippen LogP contribution in [0.15, 0.2) is 33.0 Å². The number of rotatable bonds is 1. The van der Waals surface area contributed by atoms with E-state index in [4.69, 9.17) is 4.74 Å². The van der Waals surface area contributed by atoms with Crippen LogP contribution < -0.4 is 0 Å². The average Bonchev–Trinajstić information content (AvgIpc) is 2.42. The highest BCUT2D eigenvalue weighted by Crippen LogP contribution is 2.44. The molecule has 86 valence electrons. The highest BCUT2D eigenvalue weighted by atomic mass is 16.5. The minimum absolute atomic E-state index is 0.286. The Morgan fingerprint density at radius 2 is 1.94 bits per heavy atom. The molecule has 0 radical (unpaired) electrons. The lowest BCUT2D eigenvalue weighted by Crippen LogP contribution is -2.37. The first kappa shape index (κ1) is 10.9. The van der Waals surface area contributed by atoms with Crippen molar-refractivity contribution in [3.63, 3.8) is 0 Å². The van der Waals surface area contributed by atoms with Crippen LogP contribution in [0.1, 0.15) is 20.8 Å². The van der Waals surface area contributed by atoms with E-state index in [0.717, 1.165) is 11.3 Å². The van der Waals surface area contributed by atoms with Gasteiger partial charge in [0, 0.05) is 12.7 Å². The SMILES string of the molecule is COC1=C2C(=C(C)N(C)C2(C)C)C(=O)N=N1. The maximum Gasteiger partial charge on any atom is 0.297 e. The third kappa shape index (κ3) is 1.14. The fraction of sp³-hybridized carbons (Fsp3) is 0.545. The second-order valence-corrected chi connectivity index (χ2v) is 4.47. The molecule has 5 nitrogen and oxygen atoms in total. The lowest BCUT2D eigenvalue weighted by Gasteiger charge is -2.32. The van der Waals surface area contributed by atoms with Gasteiger partial charge in [-0.25, -0.2) is 0 Å². The predicted octanol–water partition coefficient (Wildman–Crippen LogP) is 1.83. The van der Waals surface area contributed by atoms with E-state index < -0.39 is 0 Å². The zero-order valence-corrected chi connectivity index (χ0v) is 10.2. The van der Waals surface area contributed by atoms with Crippen molar-refractivity contribution in [3.8, 4) is 0 Å². The number of carbonyl (C=O) groups is 1. The molecule has 2 rings (SSSR count). The molecule has 0 atom stereocenters. The van der Waals surface area contributed by atoms with Crippen molar-refractivity contribution >= 4 is 5.91 Å². The Morgan fingerprint density at radius 3 is 2.50 bits per heavy atom. The zero-order chi connectivity index (χ0) is 12.1. The second kappa shape index (κ2) is 3.17. The van der Waals surface area contributed by atoms with E-state index in [0.29, 0.717) is 11.5 Å². The van der Waals surface area contributed by atoms with Crippen LogP contribution in [0, 0.1) is 0 Å². The molecule has 2 heterocycles. The van der Waals surface area contributed by atoms with Gasteiger partial charge < -0.3 is 9.64 Å². The lowest BCUT2D eigenvalue weighted by molar-refractivity contribution is -0.115. The van der Waals surface area contributed by atoms with Gasteiger partial charge >= 0.3 is 0 Å². The van der Waals surface area contributed by atoms with Gasteiger partial charge in [-0.2, -0.15) is 0 Å². The highest BCUT2D eigenvalue weighted by Gasteiger charge is 2.45. The summed E-state index contributed by atoms with van der Waals surface area (Å²) in [4.78, 5) is 13.8. The summed E-state index contributed by atoms with van der Waals surface area (Å²) in [6, 6.07) is 0. The van der Waals surface area contributed by atoms with Crippen LogP contribution in [0.25, 0.3) is 0 Å². The molecular weight excluding hydrogens is 206 g/mol. The summed E-state index contributed by atoms with van der Waals surface area (Å²) in [5, 5.41) is 7.40. The van der Waals surface area contributed by atoms with Gasteiger partial charge in [0.05, 0.1) is 23.8 Å². The minimum atomic E-state index is -0.292. The summed E-state index contributed by atoms with van der Waals surface area (Å²) in [5.41, 5.74) is 2.08. The zero-order valence-electron chi connectivity index (χ0n) is 10.2. The number of allylic oxidation sites excluding steroid dienone is 1. The molecule has 1 amide bonds. The normalized spacial score (nSPS) is 23.1. The van der Waals surface area contributed by atoms with Crippen LogP contribution in [0.4, 0.5) is 0 Å². The number of hydrogen-bond acceptors (Lipinski definition) is 4. The van der Waals surface area contributed by atoms with Crippen LogP contribution in [0.2, 0.25) is 0 Å². The number of ether oxygens (including phenoxy) is 1. The van der Waals surface area contributed by atoms with Gasteiger partial charge in [-0.05, 0) is 20.8 Å². The summed E-state index contributed by atoms with van der Waals surface area (Å²) in [6.07, 6.45) is 0. The largest absolute Gasteiger partial charge is 0.480 e. The van der Waals surface area contributed by atoms with Crippen LogP contribution in [-0.4, -0.2) is 30.5 Å². The fourth-order valence-electron chi connectivity index (χ4n) is 2.21. The van der Waals surface area contributed by atoms with Gasteiger partial charge in [0.25, 0.3) is 5.91 Å². The molecule has 0 aromatic heterocycles. The van der Waals surface area contributed by atoms with Crippen molar-refractivity contribution in [2.24, 2.45) is 10.2 Å². The highest BCUT2D eigenvalue weighted by molar-refractivity contribution is 6.01. The quantitative estimate of drug-likeness (QED) is 0.678. The lowest BCUT2D eigenvalue weighted by atomic mass is 9.90. The third-order valence-corrected chi connectivity index (χ3v) is 3.42. The fourth-order valence-corrected chi connectivity index (χ4v) is 2.21. The molecule has 0 unspecified atom stereocenters. The Labute approximate surface area is 94.5 Å². The first-order chi connectivity index (χ1) is 7.41. The number of nitrogens with zero attached hydrogens (tertiary/aromatic N) is 3. The molecule has 0 aliphatic carbocycles. The van der Waals surface area contributed by atoms with Gasteiger partial charge in [0.1, 0.15) is 0 Å². The molecule has 0 aromatic rings. The van der Waals surface area contributed by atoms with E-state index in [2.05, 4.69) is 10.2 Å². The van der Waals surface area contributed by atoms with Gasteiger partial charge in [-0.15, -0.1) is 10.2 Å². The Hall–Kier alpha value is -1.65. The number of methoxy groups -OCH3 is 1. The van der Waals surface area contributed by atoms with Crippen molar-refractivity contribution < 1.29 is 9.53 Å². The molecule has 5 heteroatoms. The molecule has 0 N–H and O–H groups in total. The Morgan fingerprint density at radius 1 is 1.31 bits per heavy atom. The topological polar surface area (TPSA) is 54.3 Å². The van der Waals surface area contributed by atoms with E-state index in [1.54, 1.807) is 7.11 Å². The van der Waals surface area contributed by atoms with Crippen molar-refractivity contribution in [3.05, 3.63) is 22.7 Å². The van der Waals surface area contributed by atoms with Crippen LogP contribution in [0.5, 0.6) is 0 Å². The summed E-state index contributed by atoms with van der Waals surface area (Å²) in [6.45, 7) is 5.98. The van der Waals surface area contributed by atoms with E-state index in [1.165, 1.54) is 0 Å². The minimum Gasteiger partial charge on any atom is -0.480 e. The monoisotopic (exact) mass is 221 g/mol. The van der Waals surface area contributed by atoms with E-state index in [9.17, 15) is 4.79 Å². The molecule has 2 aliphatic rings. The first-order valence-electron chi connectivity index (χ1n) is 5.11. The van der Waals surface area contributed by atoms with Crippen molar-refractivity contribution in [1.29, 1.82) is 0 Å². The summed E-state index contributed by atoms with van der Waals surface area (Å²) in [7, 11) is 3.49. The molecule has 2 aliphatic heterocycles. The Balaban J connectivity index is 2.72. The standard InChI is InChI=1S/C11H15N3O2/c1-6-7-8(11(2,3)14(6)4)10(16-5)13-12-9(7)15/h1-5H3. The molecular formula is C11H15N3O2. The first-order valence-corrected chi connectivity index (χ1v) is 5.11. The number of amides is 1. The van der Waals surface area contributed by atoms with Gasteiger partial charge in [-0.3, -0.25) is 4.79 Å². The molecule has 0 spiro atoms. The van der Waals surface area contributed by atoms with Crippen molar-refractivity contribution in [1.82, 2.24) is 4.90 Å². The van der Waals surface area contributed by atoms with Crippen LogP contribution >= 0.6 is 0 Å². The predicted molar refractivity (Wildman–Crippen MR) is 58.4 cm³/mol. The molecule has 0 aromatic carbocycles. The number of hydrogen-bond donors (Lipinski definition) is 0. The maximum absolute atomic E-state index is 11.7. The summed E-state index contributed by atoms with van der Waals surface area (Å²) < 4.78 is 5.19. The smallest absolute Gasteiger partial charge is 0.297 e. The van der Waals surface area contributed by atoms with Gasteiger partial charge in [0.2, 0.25) is 5.88 Å². The third-order valence-electron chi connectivity index (χ3n) is 3.42. The average molecular weight is 221 g/mol. The number of fused-ring (bicyclic) bond motifs is 1. The van der Waals surface area contributed by atoms with E-state index in [1.807, 2.05) is 32.7 Å². The summed E-state index contributed by atoms with van der Waals surface area (Å²) in [5.74, 6) is 0.147. The Bertz CT molecular complexity index is 458. The number of azo groups is 1. The molecule has 0 saturated carbocycles. The van der Waals surface area contributed by atoms with E-state index in [-0.39, 0.29) is 11.4 Å². The van der Waals surface area contributed by atoms with Crippen LogP contribution in [-0.2, 0) is 9.53 Å². The number of carbonyl (C=O) groups excluding carboxylic acids is 1. The second-order valence-electron chi connectivity index (χ2n) is 4.47. The molecule has 0 saturated heterocycles. The Kier molecular flexibility index (Phi) is 2.15. The van der Waals surface area contributed by atoms with E-state index >= 15 is 0 Å². The van der Waals surface area contributed by atoms with Crippen molar-refractivity contribution in [2.75, 3.05) is 14.2 Å². The molecule has 0 fully saturated rings.